The first-order valence-corrected chi connectivity index (χ1v) is 5.74. The summed E-state index contributed by atoms with van der Waals surface area (Å²) in [5.41, 5.74) is 1.37. The van der Waals surface area contributed by atoms with E-state index in [1.165, 1.54) is 0 Å². The van der Waals surface area contributed by atoms with E-state index in [1.807, 2.05) is 0 Å². The third kappa shape index (κ3) is 3.01. The fourth-order valence-electron chi connectivity index (χ4n) is 1.81. The third-order valence-corrected chi connectivity index (χ3v) is 2.73. The summed E-state index contributed by atoms with van der Waals surface area (Å²) in [6.45, 7) is 2.51. The maximum atomic E-state index is 12.1. The van der Waals surface area contributed by atoms with E-state index in [1.54, 1.807) is 23.2 Å². The van der Waals surface area contributed by atoms with Crippen LogP contribution >= 0.6 is 0 Å². The average molecular weight is 236 g/mol. The van der Waals surface area contributed by atoms with Gasteiger partial charge in [-0.25, -0.2) is 0 Å². The van der Waals surface area contributed by atoms with E-state index >= 15 is 0 Å². The van der Waals surface area contributed by atoms with Crippen molar-refractivity contribution < 1.29 is 14.6 Å². The molecule has 1 N–H and O–H groups in total. The number of carbonyl (C=O) groups is 1. The fourth-order valence-corrected chi connectivity index (χ4v) is 1.81. The van der Waals surface area contributed by atoms with Gasteiger partial charge in [0.1, 0.15) is 0 Å². The molecule has 5 nitrogen and oxygen atoms in total. The number of aromatic nitrogens is 1. The van der Waals surface area contributed by atoms with Gasteiger partial charge in [0.15, 0.2) is 0 Å². The highest BCUT2D eigenvalue weighted by Crippen LogP contribution is 2.08. The Morgan fingerprint density at radius 2 is 2.24 bits per heavy atom. The number of carbonyl (C=O) groups excluding carboxylic acids is 1. The highest BCUT2D eigenvalue weighted by Gasteiger charge is 2.18. The molecule has 0 spiro atoms. The molecule has 1 aromatic heterocycles. The average Bonchev–Trinajstić information content (AvgIpc) is 2.40. The van der Waals surface area contributed by atoms with Crippen LogP contribution in [-0.2, 0) is 11.2 Å². The van der Waals surface area contributed by atoms with E-state index < -0.39 is 0 Å². The van der Waals surface area contributed by atoms with Gasteiger partial charge in [0.2, 0.25) is 0 Å². The number of morpholine rings is 1. The molecular weight excluding hydrogens is 220 g/mol. The van der Waals surface area contributed by atoms with Gasteiger partial charge in [0, 0.05) is 43.6 Å². The second-order valence-corrected chi connectivity index (χ2v) is 3.91. The lowest BCUT2D eigenvalue weighted by Crippen LogP contribution is -2.40. The summed E-state index contributed by atoms with van der Waals surface area (Å²) in [5.74, 6) is 0.00916. The molecule has 1 fully saturated rings. The molecule has 0 aliphatic carbocycles. The molecule has 0 aromatic carbocycles. The number of ether oxygens (including phenoxy) is 1. The van der Waals surface area contributed by atoms with Crippen LogP contribution in [0.1, 0.15) is 16.1 Å². The van der Waals surface area contributed by atoms with Gasteiger partial charge in [-0.1, -0.05) is 0 Å². The van der Waals surface area contributed by atoms with Crippen LogP contribution in [0.3, 0.4) is 0 Å². The van der Waals surface area contributed by atoms with E-state index in [2.05, 4.69) is 4.98 Å². The molecule has 2 heterocycles. The van der Waals surface area contributed by atoms with E-state index in [0.29, 0.717) is 38.3 Å². The van der Waals surface area contributed by atoms with Crippen LogP contribution in [0.2, 0.25) is 0 Å². The van der Waals surface area contributed by atoms with Crippen molar-refractivity contribution in [1.82, 2.24) is 9.88 Å². The maximum absolute atomic E-state index is 12.1. The Kier molecular flexibility index (Phi) is 4.06. The lowest BCUT2D eigenvalue weighted by molar-refractivity contribution is 0.0302. The van der Waals surface area contributed by atoms with Crippen molar-refractivity contribution in [2.45, 2.75) is 6.42 Å². The van der Waals surface area contributed by atoms with Crippen LogP contribution < -0.4 is 0 Å². The Bertz CT molecular complexity index is 389. The van der Waals surface area contributed by atoms with Gasteiger partial charge < -0.3 is 14.7 Å². The molecule has 17 heavy (non-hydrogen) atoms. The van der Waals surface area contributed by atoms with Crippen molar-refractivity contribution in [1.29, 1.82) is 0 Å². The zero-order valence-electron chi connectivity index (χ0n) is 9.63. The number of aliphatic hydroxyl groups is 1. The second-order valence-electron chi connectivity index (χ2n) is 3.91. The molecule has 0 saturated carbocycles. The topological polar surface area (TPSA) is 62.7 Å². The zero-order valence-corrected chi connectivity index (χ0v) is 9.63. The molecule has 1 aliphatic heterocycles. The quantitative estimate of drug-likeness (QED) is 0.808. The number of nitrogens with zero attached hydrogens (tertiary/aromatic N) is 2. The van der Waals surface area contributed by atoms with Crippen LogP contribution in [-0.4, -0.2) is 53.8 Å². The number of rotatable bonds is 3. The van der Waals surface area contributed by atoms with Gasteiger partial charge in [-0.05, 0) is 12.1 Å². The van der Waals surface area contributed by atoms with E-state index in [4.69, 9.17) is 9.84 Å². The molecule has 5 heteroatoms. The highest BCUT2D eigenvalue weighted by molar-refractivity contribution is 5.94. The van der Waals surface area contributed by atoms with Crippen molar-refractivity contribution in [2.24, 2.45) is 0 Å². The number of amides is 1. The maximum Gasteiger partial charge on any atom is 0.254 e. The molecule has 2 rings (SSSR count). The van der Waals surface area contributed by atoms with Crippen molar-refractivity contribution >= 4 is 5.91 Å². The summed E-state index contributed by atoms with van der Waals surface area (Å²) in [5, 5.41) is 8.85. The van der Waals surface area contributed by atoms with Gasteiger partial charge in [-0.2, -0.15) is 0 Å². The normalized spacial score (nSPS) is 15.9. The second kappa shape index (κ2) is 5.75. The molecule has 0 bridgehead atoms. The van der Waals surface area contributed by atoms with Gasteiger partial charge in [-0.15, -0.1) is 0 Å². The summed E-state index contributed by atoms with van der Waals surface area (Å²) in [4.78, 5) is 18.0. The lowest BCUT2D eigenvalue weighted by Gasteiger charge is -2.26. The Balaban J connectivity index is 2.09. The molecule has 1 aromatic rings. The van der Waals surface area contributed by atoms with Crippen molar-refractivity contribution in [2.75, 3.05) is 32.9 Å². The smallest absolute Gasteiger partial charge is 0.254 e. The number of pyridine rings is 1. The molecule has 1 amide bonds. The lowest BCUT2D eigenvalue weighted by atomic mass is 10.1. The van der Waals surface area contributed by atoms with Gasteiger partial charge in [0.25, 0.3) is 5.91 Å². The standard InChI is InChI=1S/C12H16N2O3/c15-6-2-11-9-10(1-3-13-11)12(16)14-4-7-17-8-5-14/h1,3,9,15H,2,4-8H2. The van der Waals surface area contributed by atoms with E-state index in [9.17, 15) is 4.79 Å². The minimum Gasteiger partial charge on any atom is -0.396 e. The Morgan fingerprint density at radius 3 is 2.94 bits per heavy atom. The Labute approximate surface area is 100 Å². The molecule has 1 aliphatic rings. The Hall–Kier alpha value is -1.46. The summed E-state index contributed by atoms with van der Waals surface area (Å²) >= 11 is 0. The molecule has 1 saturated heterocycles. The summed E-state index contributed by atoms with van der Waals surface area (Å²) in [7, 11) is 0. The molecule has 0 atom stereocenters. The fraction of sp³-hybridized carbons (Fsp3) is 0.500. The van der Waals surface area contributed by atoms with E-state index in [0.717, 1.165) is 5.69 Å². The van der Waals surface area contributed by atoms with Crippen LogP contribution in [0.25, 0.3) is 0 Å². The highest BCUT2D eigenvalue weighted by atomic mass is 16.5. The number of aliphatic hydroxyl groups excluding tert-OH is 1. The predicted octanol–water partition coefficient (Wildman–Crippen LogP) is 0.0888. The van der Waals surface area contributed by atoms with Crippen LogP contribution in [0, 0.1) is 0 Å². The van der Waals surface area contributed by atoms with E-state index in [-0.39, 0.29) is 12.5 Å². The summed E-state index contributed by atoms with van der Waals surface area (Å²) < 4.78 is 5.21. The third-order valence-electron chi connectivity index (χ3n) is 2.73. The first-order chi connectivity index (χ1) is 8.31. The summed E-state index contributed by atoms with van der Waals surface area (Å²) in [6, 6.07) is 3.45. The Morgan fingerprint density at radius 1 is 1.47 bits per heavy atom. The monoisotopic (exact) mass is 236 g/mol. The van der Waals surface area contributed by atoms with Gasteiger partial charge in [-0.3, -0.25) is 9.78 Å². The predicted molar refractivity (Wildman–Crippen MR) is 61.7 cm³/mol. The van der Waals surface area contributed by atoms with Crippen LogP contribution in [0.4, 0.5) is 0 Å². The minimum atomic E-state index is 0.00916. The largest absolute Gasteiger partial charge is 0.396 e. The van der Waals surface area contributed by atoms with Crippen molar-refractivity contribution in [3.8, 4) is 0 Å². The van der Waals surface area contributed by atoms with Crippen molar-refractivity contribution in [3.63, 3.8) is 0 Å². The molecule has 92 valence electrons. The van der Waals surface area contributed by atoms with Crippen LogP contribution in [0.5, 0.6) is 0 Å². The summed E-state index contributed by atoms with van der Waals surface area (Å²) in [6.07, 6.45) is 2.09. The zero-order chi connectivity index (χ0) is 12.1. The number of hydrogen-bond acceptors (Lipinski definition) is 4. The van der Waals surface area contributed by atoms with Gasteiger partial charge in [0.05, 0.1) is 13.2 Å². The molecule has 0 radical (unpaired) electrons. The SMILES string of the molecule is O=C(c1ccnc(CCO)c1)N1CCOCC1. The molecular formula is C12H16N2O3. The first-order valence-electron chi connectivity index (χ1n) is 5.74. The van der Waals surface area contributed by atoms with Crippen LogP contribution in [0.15, 0.2) is 18.3 Å². The minimum absolute atomic E-state index is 0.00916. The van der Waals surface area contributed by atoms with Crippen molar-refractivity contribution in [3.05, 3.63) is 29.6 Å². The molecule has 0 unspecified atom stereocenters. The first kappa shape index (κ1) is 12.0. The number of hydrogen-bond donors (Lipinski definition) is 1. The van der Waals surface area contributed by atoms with Gasteiger partial charge >= 0.3 is 0 Å².